The van der Waals surface area contributed by atoms with Crippen LogP contribution in [0, 0.1) is 0 Å². The molecule has 1 aromatic carbocycles. The number of rotatable bonds is 5. The largest absolute Gasteiger partial charge is 0.505 e. The number of halogens is 2. The van der Waals surface area contributed by atoms with E-state index in [0.717, 1.165) is 4.31 Å². The van der Waals surface area contributed by atoms with Crippen molar-refractivity contribution in [2.45, 2.75) is 4.90 Å². The highest BCUT2D eigenvalue weighted by atomic mass is 35.5. The first-order valence-electron chi connectivity index (χ1n) is 5.45. The molecular formula is C11H16Cl2N2O3S. The van der Waals surface area contributed by atoms with Gasteiger partial charge in [0.15, 0.2) is 5.75 Å². The normalized spacial score (nSPS) is 12.4. The molecule has 1 N–H and O–H groups in total. The van der Waals surface area contributed by atoms with Gasteiger partial charge in [-0.2, -0.15) is 4.31 Å². The summed E-state index contributed by atoms with van der Waals surface area (Å²) in [6, 6.07) is 2.47. The second-order valence-corrected chi connectivity index (χ2v) is 7.22. The molecule has 1 aromatic rings. The van der Waals surface area contributed by atoms with Crippen LogP contribution in [-0.2, 0) is 10.0 Å². The lowest BCUT2D eigenvalue weighted by atomic mass is 10.3. The van der Waals surface area contributed by atoms with E-state index in [1.54, 1.807) is 0 Å². The molecule has 0 fully saturated rings. The number of phenols is 1. The number of hydrogen-bond donors (Lipinski definition) is 1. The molecule has 8 heteroatoms. The second kappa shape index (κ2) is 6.28. The van der Waals surface area contributed by atoms with E-state index >= 15 is 0 Å². The molecule has 1 rings (SSSR count). The van der Waals surface area contributed by atoms with Crippen molar-refractivity contribution in [2.24, 2.45) is 0 Å². The van der Waals surface area contributed by atoms with E-state index in [4.69, 9.17) is 23.2 Å². The topological polar surface area (TPSA) is 60.9 Å². The van der Waals surface area contributed by atoms with E-state index in [1.165, 1.54) is 19.2 Å². The zero-order valence-corrected chi connectivity index (χ0v) is 13.2. The molecule has 0 heterocycles. The first kappa shape index (κ1) is 16.5. The molecule has 0 saturated heterocycles. The summed E-state index contributed by atoms with van der Waals surface area (Å²) in [5.74, 6) is -0.484. The quantitative estimate of drug-likeness (QED) is 0.897. The summed E-state index contributed by atoms with van der Waals surface area (Å²) in [6.07, 6.45) is 0. The highest BCUT2D eigenvalue weighted by Gasteiger charge is 2.26. The zero-order chi connectivity index (χ0) is 14.8. The van der Waals surface area contributed by atoms with Crippen molar-refractivity contribution in [3.8, 4) is 5.75 Å². The summed E-state index contributed by atoms with van der Waals surface area (Å²) < 4.78 is 25.7. The first-order chi connectivity index (χ1) is 8.66. The van der Waals surface area contributed by atoms with Gasteiger partial charge in [0.05, 0.1) is 5.02 Å². The molecule has 0 radical (unpaired) electrons. The second-order valence-electron chi connectivity index (χ2n) is 4.36. The van der Waals surface area contributed by atoms with Crippen LogP contribution in [0.2, 0.25) is 10.0 Å². The van der Waals surface area contributed by atoms with Crippen LogP contribution < -0.4 is 0 Å². The number of aromatic hydroxyl groups is 1. The van der Waals surface area contributed by atoms with Gasteiger partial charge in [0.1, 0.15) is 4.90 Å². The molecule has 0 aliphatic carbocycles. The van der Waals surface area contributed by atoms with E-state index in [2.05, 4.69) is 0 Å². The fourth-order valence-corrected chi connectivity index (χ4v) is 3.27. The lowest BCUT2D eigenvalue weighted by Crippen LogP contribution is -2.33. The van der Waals surface area contributed by atoms with E-state index in [1.807, 2.05) is 19.0 Å². The summed E-state index contributed by atoms with van der Waals surface area (Å²) in [5.41, 5.74) is 0. The maximum atomic E-state index is 12.3. The summed E-state index contributed by atoms with van der Waals surface area (Å²) in [5, 5.41) is 9.84. The zero-order valence-electron chi connectivity index (χ0n) is 10.9. The third kappa shape index (κ3) is 3.97. The van der Waals surface area contributed by atoms with Crippen LogP contribution in [0.3, 0.4) is 0 Å². The smallest absolute Gasteiger partial charge is 0.246 e. The number of phenolic OH excluding ortho intramolecular Hbond substituents is 1. The van der Waals surface area contributed by atoms with Gasteiger partial charge < -0.3 is 10.0 Å². The Balaban J connectivity index is 3.13. The van der Waals surface area contributed by atoms with Crippen molar-refractivity contribution in [3.05, 3.63) is 22.2 Å². The Kier molecular flexibility index (Phi) is 5.46. The SMILES string of the molecule is CN(C)CCN(C)S(=O)(=O)c1cc(Cl)cc(Cl)c1O. The summed E-state index contributed by atoms with van der Waals surface area (Å²) in [7, 11) is 1.30. The van der Waals surface area contributed by atoms with Gasteiger partial charge in [-0.15, -0.1) is 0 Å². The van der Waals surface area contributed by atoms with Crippen molar-refractivity contribution in [3.63, 3.8) is 0 Å². The lowest BCUT2D eigenvalue weighted by molar-refractivity contribution is 0.357. The van der Waals surface area contributed by atoms with Crippen molar-refractivity contribution >= 4 is 33.2 Å². The molecule has 0 aliphatic rings. The van der Waals surface area contributed by atoms with Crippen LogP contribution in [0.4, 0.5) is 0 Å². The molecule has 0 spiro atoms. The summed E-state index contributed by atoms with van der Waals surface area (Å²) in [4.78, 5) is 1.57. The number of hydrogen-bond acceptors (Lipinski definition) is 4. The molecule has 0 bridgehead atoms. The molecular weight excluding hydrogens is 311 g/mol. The summed E-state index contributed by atoms with van der Waals surface area (Å²) in [6.45, 7) is 0.851. The van der Waals surface area contributed by atoms with Gasteiger partial charge in [-0.05, 0) is 26.2 Å². The Morgan fingerprint density at radius 2 is 1.74 bits per heavy atom. The van der Waals surface area contributed by atoms with E-state index in [-0.39, 0.29) is 14.9 Å². The van der Waals surface area contributed by atoms with Crippen LogP contribution in [0.15, 0.2) is 17.0 Å². The van der Waals surface area contributed by atoms with E-state index in [9.17, 15) is 13.5 Å². The van der Waals surface area contributed by atoms with Crippen molar-refractivity contribution < 1.29 is 13.5 Å². The van der Waals surface area contributed by atoms with Gasteiger partial charge in [0.2, 0.25) is 10.0 Å². The van der Waals surface area contributed by atoms with Gasteiger partial charge in [-0.1, -0.05) is 23.2 Å². The molecule has 108 valence electrons. The predicted molar refractivity (Wildman–Crippen MR) is 76.5 cm³/mol. The van der Waals surface area contributed by atoms with Crippen molar-refractivity contribution in [1.82, 2.24) is 9.21 Å². The molecule has 0 amide bonds. The molecule has 0 aromatic heterocycles. The highest BCUT2D eigenvalue weighted by molar-refractivity contribution is 7.89. The fraction of sp³-hybridized carbons (Fsp3) is 0.455. The molecule has 0 aliphatic heterocycles. The average molecular weight is 327 g/mol. The Morgan fingerprint density at radius 1 is 1.16 bits per heavy atom. The Morgan fingerprint density at radius 3 is 2.26 bits per heavy atom. The molecule has 0 atom stereocenters. The number of nitrogens with zero attached hydrogens (tertiary/aromatic N) is 2. The maximum absolute atomic E-state index is 12.3. The Hall–Kier alpha value is -0.530. The predicted octanol–water partition coefficient (Wildman–Crippen LogP) is 1.88. The van der Waals surface area contributed by atoms with Gasteiger partial charge in [-0.25, -0.2) is 8.42 Å². The van der Waals surface area contributed by atoms with E-state index < -0.39 is 15.8 Å². The van der Waals surface area contributed by atoms with Crippen LogP contribution >= 0.6 is 23.2 Å². The molecule has 0 unspecified atom stereocenters. The number of benzene rings is 1. The molecule has 19 heavy (non-hydrogen) atoms. The highest BCUT2D eigenvalue weighted by Crippen LogP contribution is 2.35. The van der Waals surface area contributed by atoms with Gasteiger partial charge >= 0.3 is 0 Å². The van der Waals surface area contributed by atoms with Gasteiger partial charge in [-0.3, -0.25) is 0 Å². The summed E-state index contributed by atoms with van der Waals surface area (Å²) >= 11 is 11.5. The molecule has 0 saturated carbocycles. The standard InChI is InChI=1S/C11H16Cl2N2O3S/c1-14(2)4-5-15(3)19(17,18)10-7-8(12)6-9(13)11(10)16/h6-7,16H,4-5H2,1-3H3. The Bertz CT molecular complexity index is 561. The third-order valence-electron chi connectivity index (χ3n) is 2.54. The van der Waals surface area contributed by atoms with E-state index in [0.29, 0.717) is 13.1 Å². The lowest BCUT2D eigenvalue weighted by Gasteiger charge is -2.20. The minimum atomic E-state index is -3.82. The number of sulfonamides is 1. The fourth-order valence-electron chi connectivity index (χ4n) is 1.37. The number of likely N-dealkylation sites (N-methyl/N-ethyl adjacent to an activating group) is 2. The first-order valence-corrected chi connectivity index (χ1v) is 7.65. The van der Waals surface area contributed by atoms with Gasteiger partial charge in [0, 0.05) is 25.2 Å². The minimum absolute atomic E-state index is 0.0907. The monoisotopic (exact) mass is 326 g/mol. The van der Waals surface area contributed by atoms with Gasteiger partial charge in [0.25, 0.3) is 0 Å². The maximum Gasteiger partial charge on any atom is 0.246 e. The molecule has 5 nitrogen and oxygen atoms in total. The average Bonchev–Trinajstić information content (AvgIpc) is 2.30. The minimum Gasteiger partial charge on any atom is -0.505 e. The Labute approximate surface area is 123 Å². The van der Waals surface area contributed by atoms with Crippen LogP contribution in [0.25, 0.3) is 0 Å². The third-order valence-corrected chi connectivity index (χ3v) is 4.92. The van der Waals surface area contributed by atoms with Crippen molar-refractivity contribution in [2.75, 3.05) is 34.2 Å². The van der Waals surface area contributed by atoms with Crippen LogP contribution in [-0.4, -0.2) is 57.0 Å². The van der Waals surface area contributed by atoms with Crippen LogP contribution in [0.1, 0.15) is 0 Å². The van der Waals surface area contributed by atoms with Crippen molar-refractivity contribution in [1.29, 1.82) is 0 Å². The van der Waals surface area contributed by atoms with Crippen LogP contribution in [0.5, 0.6) is 5.75 Å².